The summed E-state index contributed by atoms with van der Waals surface area (Å²) in [6, 6.07) is 4.34. The van der Waals surface area contributed by atoms with Gasteiger partial charge in [0, 0.05) is 19.0 Å². The lowest BCUT2D eigenvalue weighted by atomic mass is 10.1. The number of amides is 1. The zero-order valence-electron chi connectivity index (χ0n) is 9.92. The van der Waals surface area contributed by atoms with Crippen LogP contribution in [0.2, 0.25) is 0 Å². The lowest BCUT2D eigenvalue weighted by molar-refractivity contribution is -0.117. The molecule has 1 atom stereocenters. The molecule has 1 saturated heterocycles. The zero-order valence-corrected chi connectivity index (χ0v) is 9.92. The smallest absolute Gasteiger partial charge is 0.337 e. The fourth-order valence-electron chi connectivity index (χ4n) is 2.02. The van der Waals surface area contributed by atoms with Gasteiger partial charge < -0.3 is 20.5 Å². The van der Waals surface area contributed by atoms with Crippen molar-refractivity contribution in [2.45, 2.75) is 12.5 Å². The molecule has 0 saturated carbocycles. The first kappa shape index (κ1) is 12.4. The van der Waals surface area contributed by atoms with Crippen molar-refractivity contribution in [2.24, 2.45) is 5.73 Å². The molecule has 18 heavy (non-hydrogen) atoms. The van der Waals surface area contributed by atoms with Gasteiger partial charge in [-0.2, -0.15) is 0 Å². The highest BCUT2D eigenvalue weighted by Crippen LogP contribution is 2.28. The second kappa shape index (κ2) is 4.66. The molecule has 96 valence electrons. The van der Waals surface area contributed by atoms with Crippen LogP contribution in [0.5, 0.6) is 5.75 Å². The summed E-state index contributed by atoms with van der Waals surface area (Å²) in [5.41, 5.74) is 6.10. The SMILES string of the molecule is COc1ccc(N2CC(N)CC2=O)c(C(=O)O)c1. The van der Waals surface area contributed by atoms with Crippen LogP contribution in [0.15, 0.2) is 18.2 Å². The van der Waals surface area contributed by atoms with Gasteiger partial charge in [-0.3, -0.25) is 4.79 Å². The summed E-state index contributed by atoms with van der Waals surface area (Å²) in [5.74, 6) is -0.820. The average Bonchev–Trinajstić information content (AvgIpc) is 2.67. The van der Waals surface area contributed by atoms with E-state index in [0.29, 0.717) is 18.0 Å². The molecule has 3 N–H and O–H groups in total. The maximum absolute atomic E-state index is 11.7. The van der Waals surface area contributed by atoms with Gasteiger partial charge in [-0.25, -0.2) is 4.79 Å². The number of nitrogens with zero attached hydrogens (tertiary/aromatic N) is 1. The van der Waals surface area contributed by atoms with Crippen molar-refractivity contribution in [1.29, 1.82) is 0 Å². The predicted molar refractivity (Wildman–Crippen MR) is 64.9 cm³/mol. The molecule has 6 nitrogen and oxygen atoms in total. The fraction of sp³-hybridized carbons (Fsp3) is 0.333. The van der Waals surface area contributed by atoms with E-state index in [-0.39, 0.29) is 23.9 Å². The maximum atomic E-state index is 11.7. The molecule has 0 radical (unpaired) electrons. The number of ether oxygens (including phenoxy) is 1. The number of rotatable bonds is 3. The first-order valence-electron chi connectivity index (χ1n) is 5.50. The minimum absolute atomic E-state index is 0.0387. The van der Waals surface area contributed by atoms with Crippen LogP contribution < -0.4 is 15.4 Å². The lowest BCUT2D eigenvalue weighted by Gasteiger charge is -2.19. The second-order valence-electron chi connectivity index (χ2n) is 4.16. The number of carboxylic acid groups (broad SMARTS) is 1. The number of nitrogens with two attached hydrogens (primary N) is 1. The number of carbonyl (C=O) groups is 2. The van der Waals surface area contributed by atoms with Gasteiger partial charge in [0.05, 0.1) is 18.4 Å². The van der Waals surface area contributed by atoms with E-state index in [2.05, 4.69) is 0 Å². The maximum Gasteiger partial charge on any atom is 0.337 e. The third-order valence-corrected chi connectivity index (χ3v) is 2.88. The van der Waals surface area contributed by atoms with Crippen molar-refractivity contribution in [3.63, 3.8) is 0 Å². The van der Waals surface area contributed by atoms with Crippen LogP contribution in [0.4, 0.5) is 5.69 Å². The quantitative estimate of drug-likeness (QED) is 0.812. The molecule has 1 aliphatic heterocycles. The minimum atomic E-state index is -1.10. The predicted octanol–water partition coefficient (Wildman–Crippen LogP) is 0.457. The number of carboxylic acids is 1. The van der Waals surface area contributed by atoms with Crippen LogP contribution in [0.25, 0.3) is 0 Å². The molecule has 1 aromatic carbocycles. The third-order valence-electron chi connectivity index (χ3n) is 2.88. The van der Waals surface area contributed by atoms with Gasteiger partial charge in [-0.1, -0.05) is 0 Å². The standard InChI is InChI=1S/C12H14N2O4/c1-18-8-2-3-10(9(5-8)12(16)17)14-6-7(13)4-11(14)15/h2-3,5,7H,4,6,13H2,1H3,(H,16,17). The number of benzene rings is 1. The van der Waals surface area contributed by atoms with Crippen molar-refractivity contribution in [2.75, 3.05) is 18.6 Å². The van der Waals surface area contributed by atoms with E-state index in [1.54, 1.807) is 12.1 Å². The molecule has 0 aromatic heterocycles. The van der Waals surface area contributed by atoms with Gasteiger partial charge in [0.25, 0.3) is 0 Å². The Morgan fingerprint density at radius 3 is 2.78 bits per heavy atom. The van der Waals surface area contributed by atoms with Crippen molar-refractivity contribution < 1.29 is 19.4 Å². The van der Waals surface area contributed by atoms with E-state index in [9.17, 15) is 14.7 Å². The third kappa shape index (κ3) is 2.14. The Labute approximate surface area is 104 Å². The summed E-state index contributed by atoms with van der Waals surface area (Å²) in [4.78, 5) is 24.4. The van der Waals surface area contributed by atoms with Gasteiger partial charge in [0.1, 0.15) is 5.75 Å². The van der Waals surface area contributed by atoms with Crippen LogP contribution in [0, 0.1) is 0 Å². The first-order chi connectivity index (χ1) is 8.52. The van der Waals surface area contributed by atoms with E-state index in [4.69, 9.17) is 10.5 Å². The first-order valence-corrected chi connectivity index (χ1v) is 5.50. The number of hydrogen-bond donors (Lipinski definition) is 2. The molecule has 1 heterocycles. The highest BCUT2D eigenvalue weighted by atomic mass is 16.5. The highest BCUT2D eigenvalue weighted by Gasteiger charge is 2.30. The van der Waals surface area contributed by atoms with E-state index in [0.717, 1.165) is 0 Å². The molecular weight excluding hydrogens is 236 g/mol. The molecule has 2 rings (SSSR count). The fourth-order valence-corrected chi connectivity index (χ4v) is 2.02. The van der Waals surface area contributed by atoms with Crippen molar-refractivity contribution >= 4 is 17.6 Å². The monoisotopic (exact) mass is 250 g/mol. The van der Waals surface area contributed by atoms with E-state index in [1.165, 1.54) is 18.1 Å². The number of methoxy groups -OCH3 is 1. The van der Waals surface area contributed by atoms with Crippen LogP contribution in [-0.4, -0.2) is 36.7 Å². The molecule has 0 spiro atoms. The van der Waals surface area contributed by atoms with Crippen molar-refractivity contribution in [3.05, 3.63) is 23.8 Å². The molecule has 1 aromatic rings. The van der Waals surface area contributed by atoms with Crippen LogP contribution in [-0.2, 0) is 4.79 Å². The summed E-state index contributed by atoms with van der Waals surface area (Å²) < 4.78 is 4.98. The minimum Gasteiger partial charge on any atom is -0.497 e. The molecular formula is C12H14N2O4. The Morgan fingerprint density at radius 1 is 1.56 bits per heavy atom. The Bertz CT molecular complexity index is 501. The van der Waals surface area contributed by atoms with Crippen molar-refractivity contribution in [1.82, 2.24) is 0 Å². The lowest BCUT2D eigenvalue weighted by Crippen LogP contribution is -2.29. The van der Waals surface area contributed by atoms with Crippen LogP contribution >= 0.6 is 0 Å². The number of anilines is 1. The summed E-state index contributed by atoms with van der Waals surface area (Å²) in [7, 11) is 1.46. The molecule has 1 unspecified atom stereocenters. The average molecular weight is 250 g/mol. The molecule has 0 bridgehead atoms. The second-order valence-corrected chi connectivity index (χ2v) is 4.16. The van der Waals surface area contributed by atoms with Gasteiger partial charge in [-0.15, -0.1) is 0 Å². The van der Waals surface area contributed by atoms with Gasteiger partial charge in [-0.05, 0) is 18.2 Å². The highest BCUT2D eigenvalue weighted by molar-refractivity contribution is 6.03. The number of carbonyl (C=O) groups excluding carboxylic acids is 1. The normalized spacial score (nSPS) is 19.1. The van der Waals surface area contributed by atoms with Crippen molar-refractivity contribution in [3.8, 4) is 5.75 Å². The van der Waals surface area contributed by atoms with E-state index >= 15 is 0 Å². The Balaban J connectivity index is 2.44. The van der Waals surface area contributed by atoms with Crippen LogP contribution in [0.3, 0.4) is 0 Å². The van der Waals surface area contributed by atoms with E-state index < -0.39 is 5.97 Å². The molecule has 0 aliphatic carbocycles. The van der Waals surface area contributed by atoms with Gasteiger partial charge >= 0.3 is 5.97 Å². The van der Waals surface area contributed by atoms with Crippen LogP contribution in [0.1, 0.15) is 16.8 Å². The zero-order chi connectivity index (χ0) is 13.3. The Morgan fingerprint density at radius 2 is 2.28 bits per heavy atom. The Kier molecular flexibility index (Phi) is 3.20. The van der Waals surface area contributed by atoms with Gasteiger partial charge in [0.15, 0.2) is 0 Å². The topological polar surface area (TPSA) is 92.9 Å². The molecule has 6 heteroatoms. The summed E-state index contributed by atoms with van der Waals surface area (Å²) in [6.45, 7) is 0.339. The largest absolute Gasteiger partial charge is 0.497 e. The summed E-state index contributed by atoms with van der Waals surface area (Å²) in [5, 5.41) is 9.17. The summed E-state index contributed by atoms with van der Waals surface area (Å²) in [6.07, 6.45) is 0.241. The summed E-state index contributed by atoms with van der Waals surface area (Å²) >= 11 is 0. The number of hydrogen-bond acceptors (Lipinski definition) is 4. The van der Waals surface area contributed by atoms with Gasteiger partial charge in [0.2, 0.25) is 5.91 Å². The molecule has 1 fully saturated rings. The Hall–Kier alpha value is -2.08. The van der Waals surface area contributed by atoms with E-state index in [1.807, 2.05) is 0 Å². The number of aromatic carboxylic acids is 1. The molecule has 1 aliphatic rings. The molecule has 1 amide bonds.